The molecule has 126 valence electrons. The quantitative estimate of drug-likeness (QED) is 0.435. The lowest BCUT2D eigenvalue weighted by molar-refractivity contribution is -0.150. The zero-order valence-electron chi connectivity index (χ0n) is 12.5. The molecule has 1 aromatic heterocycles. The Morgan fingerprint density at radius 1 is 1.54 bits per heavy atom. The Kier molecular flexibility index (Phi) is 4.30. The Labute approximate surface area is 140 Å². The molecule has 1 fully saturated rings. The van der Waals surface area contributed by atoms with Gasteiger partial charge in [0.25, 0.3) is 11.8 Å². The summed E-state index contributed by atoms with van der Waals surface area (Å²) in [5.74, 6) is -1.65. The second kappa shape index (κ2) is 6.40. The number of nitrogens with zero attached hydrogens (tertiary/aromatic N) is 2. The molecule has 2 aliphatic heterocycles. The van der Waals surface area contributed by atoms with Gasteiger partial charge in [-0.3, -0.25) is 14.5 Å². The number of carbonyl (C=O) groups is 3. The SMILES string of the molecule is CON=C(C(=O)NC1C(=O)N2C(C(=O)O)=CCSC12)c1ccco1. The number of β-lactam (4-membered cyclic amide) rings is 1. The number of hydrogen-bond donors (Lipinski definition) is 2. The van der Waals surface area contributed by atoms with Crippen LogP contribution in [0.1, 0.15) is 5.76 Å². The number of carboxylic acid groups (broad SMARTS) is 1. The normalized spacial score (nSPS) is 23.0. The standard InChI is InChI=1S/C14H13N3O6S/c1-22-16-9(8-3-2-5-23-8)11(18)15-10-12(19)17-7(14(20)21)4-6-24-13(10)17/h2-5,10,13H,6H2,1H3,(H,15,18)(H,20,21). The molecule has 0 aromatic carbocycles. The van der Waals surface area contributed by atoms with Crippen LogP contribution >= 0.6 is 11.8 Å². The second-order valence-corrected chi connectivity index (χ2v) is 6.03. The van der Waals surface area contributed by atoms with Crippen LogP contribution in [0, 0.1) is 0 Å². The van der Waals surface area contributed by atoms with Gasteiger partial charge in [0.05, 0.1) is 6.26 Å². The van der Waals surface area contributed by atoms with Crippen LogP contribution in [-0.2, 0) is 19.2 Å². The van der Waals surface area contributed by atoms with Gasteiger partial charge >= 0.3 is 5.97 Å². The minimum absolute atomic E-state index is 0.0638. The molecule has 2 N–H and O–H groups in total. The Balaban J connectivity index is 1.74. The van der Waals surface area contributed by atoms with E-state index in [0.29, 0.717) is 5.75 Å². The summed E-state index contributed by atoms with van der Waals surface area (Å²) in [5.41, 5.74) is -0.172. The van der Waals surface area contributed by atoms with Gasteiger partial charge in [0.1, 0.15) is 24.2 Å². The lowest BCUT2D eigenvalue weighted by atomic mass is 10.0. The number of hydrogen-bond acceptors (Lipinski definition) is 7. The van der Waals surface area contributed by atoms with E-state index in [1.54, 1.807) is 6.07 Å². The molecule has 2 unspecified atom stereocenters. The first-order valence-electron chi connectivity index (χ1n) is 6.88. The van der Waals surface area contributed by atoms with E-state index in [1.165, 1.54) is 42.2 Å². The maximum Gasteiger partial charge on any atom is 0.352 e. The first kappa shape index (κ1) is 16.1. The molecule has 2 aliphatic rings. The fourth-order valence-electron chi connectivity index (χ4n) is 2.45. The Morgan fingerprint density at radius 3 is 2.96 bits per heavy atom. The van der Waals surface area contributed by atoms with Crippen molar-refractivity contribution in [3.05, 3.63) is 35.9 Å². The smallest absolute Gasteiger partial charge is 0.352 e. The number of carboxylic acids is 1. The molecule has 3 heterocycles. The lowest BCUT2D eigenvalue weighted by Crippen LogP contribution is -2.70. The zero-order valence-corrected chi connectivity index (χ0v) is 13.3. The number of aliphatic carboxylic acids is 1. The van der Waals surface area contributed by atoms with Gasteiger partial charge in [-0.05, 0) is 18.2 Å². The molecule has 0 bridgehead atoms. The molecule has 2 atom stereocenters. The van der Waals surface area contributed by atoms with Crippen molar-refractivity contribution >= 4 is 35.3 Å². The van der Waals surface area contributed by atoms with Gasteiger partial charge in [-0.15, -0.1) is 11.8 Å². The van der Waals surface area contributed by atoms with E-state index < -0.39 is 29.2 Å². The molecule has 9 nitrogen and oxygen atoms in total. The van der Waals surface area contributed by atoms with Crippen molar-refractivity contribution in [2.24, 2.45) is 5.16 Å². The maximum absolute atomic E-state index is 12.4. The summed E-state index contributed by atoms with van der Waals surface area (Å²) >= 11 is 1.37. The van der Waals surface area contributed by atoms with Crippen LogP contribution in [0.25, 0.3) is 0 Å². The number of furan rings is 1. The number of amides is 2. The highest BCUT2D eigenvalue weighted by Crippen LogP contribution is 2.37. The van der Waals surface area contributed by atoms with Crippen LogP contribution in [0.2, 0.25) is 0 Å². The van der Waals surface area contributed by atoms with E-state index in [1.807, 2.05) is 0 Å². The Bertz CT molecular complexity index is 742. The first-order chi connectivity index (χ1) is 11.5. The van der Waals surface area contributed by atoms with Gasteiger partial charge < -0.3 is 19.7 Å². The molecule has 0 radical (unpaired) electrons. The first-order valence-corrected chi connectivity index (χ1v) is 7.93. The summed E-state index contributed by atoms with van der Waals surface area (Å²) in [5, 5.41) is 14.8. The highest BCUT2D eigenvalue weighted by Gasteiger charge is 2.53. The number of nitrogens with one attached hydrogen (secondary N) is 1. The minimum atomic E-state index is -1.17. The number of fused-ring (bicyclic) bond motifs is 1. The number of rotatable bonds is 5. The lowest BCUT2D eigenvalue weighted by Gasteiger charge is -2.48. The highest BCUT2D eigenvalue weighted by molar-refractivity contribution is 8.00. The average molecular weight is 351 g/mol. The summed E-state index contributed by atoms with van der Waals surface area (Å²) < 4.78 is 5.13. The van der Waals surface area contributed by atoms with E-state index in [9.17, 15) is 14.4 Å². The largest absolute Gasteiger partial charge is 0.477 e. The predicted octanol–water partition coefficient (Wildman–Crippen LogP) is -0.00150. The molecule has 0 aliphatic carbocycles. The molecule has 24 heavy (non-hydrogen) atoms. The molecule has 2 amide bonds. The van der Waals surface area contributed by atoms with Gasteiger partial charge in [0.2, 0.25) is 5.71 Å². The molecule has 3 rings (SSSR count). The number of oxime groups is 1. The van der Waals surface area contributed by atoms with E-state index in [-0.39, 0.29) is 17.2 Å². The highest BCUT2D eigenvalue weighted by atomic mass is 32.2. The van der Waals surface area contributed by atoms with Crippen LogP contribution in [-0.4, -0.2) is 57.8 Å². The van der Waals surface area contributed by atoms with Crippen LogP contribution < -0.4 is 5.32 Å². The molecule has 1 saturated heterocycles. The monoisotopic (exact) mass is 351 g/mol. The summed E-state index contributed by atoms with van der Waals surface area (Å²) in [6, 6.07) is 2.29. The van der Waals surface area contributed by atoms with E-state index in [0.717, 1.165) is 0 Å². The van der Waals surface area contributed by atoms with Crippen LogP contribution in [0.15, 0.2) is 39.7 Å². The molecule has 10 heteroatoms. The van der Waals surface area contributed by atoms with Crippen LogP contribution in [0.5, 0.6) is 0 Å². The fraction of sp³-hybridized carbons (Fsp3) is 0.286. The van der Waals surface area contributed by atoms with Crippen molar-refractivity contribution in [1.29, 1.82) is 0 Å². The average Bonchev–Trinajstić information content (AvgIpc) is 3.10. The molecular weight excluding hydrogens is 338 g/mol. The predicted molar refractivity (Wildman–Crippen MR) is 83.0 cm³/mol. The van der Waals surface area contributed by atoms with Crippen LogP contribution in [0.3, 0.4) is 0 Å². The third kappa shape index (κ3) is 2.64. The van der Waals surface area contributed by atoms with Gasteiger partial charge in [-0.2, -0.15) is 0 Å². The van der Waals surface area contributed by atoms with E-state index in [4.69, 9.17) is 9.52 Å². The van der Waals surface area contributed by atoms with Crippen molar-refractivity contribution in [2.75, 3.05) is 12.9 Å². The van der Waals surface area contributed by atoms with Crippen molar-refractivity contribution in [1.82, 2.24) is 10.2 Å². The van der Waals surface area contributed by atoms with E-state index in [2.05, 4.69) is 15.3 Å². The van der Waals surface area contributed by atoms with Gasteiger partial charge in [-0.1, -0.05) is 5.16 Å². The zero-order chi connectivity index (χ0) is 17.3. The third-order valence-corrected chi connectivity index (χ3v) is 4.69. The fourth-order valence-corrected chi connectivity index (χ4v) is 3.65. The van der Waals surface area contributed by atoms with Crippen LogP contribution in [0.4, 0.5) is 0 Å². The van der Waals surface area contributed by atoms with Crippen molar-refractivity contribution in [2.45, 2.75) is 11.4 Å². The maximum atomic E-state index is 12.4. The number of thioether (sulfide) groups is 1. The third-order valence-electron chi connectivity index (χ3n) is 3.50. The van der Waals surface area contributed by atoms with E-state index >= 15 is 0 Å². The Hall–Kier alpha value is -2.75. The van der Waals surface area contributed by atoms with Gasteiger partial charge in [-0.25, -0.2) is 4.79 Å². The van der Waals surface area contributed by atoms with Crippen molar-refractivity contribution in [3.8, 4) is 0 Å². The summed E-state index contributed by atoms with van der Waals surface area (Å²) in [6.45, 7) is 0. The summed E-state index contributed by atoms with van der Waals surface area (Å²) in [4.78, 5) is 41.6. The summed E-state index contributed by atoms with van der Waals surface area (Å²) in [6.07, 6.45) is 2.85. The molecule has 0 saturated carbocycles. The number of carbonyl (C=O) groups excluding carboxylic acids is 2. The molecular formula is C14H13N3O6S. The molecule has 0 spiro atoms. The Morgan fingerprint density at radius 2 is 2.33 bits per heavy atom. The summed E-state index contributed by atoms with van der Waals surface area (Å²) in [7, 11) is 1.29. The topological polar surface area (TPSA) is 121 Å². The second-order valence-electron chi connectivity index (χ2n) is 4.88. The molecule has 1 aromatic rings. The van der Waals surface area contributed by atoms with Crippen molar-refractivity contribution in [3.63, 3.8) is 0 Å². The van der Waals surface area contributed by atoms with Crippen molar-refractivity contribution < 1.29 is 28.7 Å². The minimum Gasteiger partial charge on any atom is -0.477 e. The van der Waals surface area contributed by atoms with Gasteiger partial charge in [0.15, 0.2) is 5.76 Å². The van der Waals surface area contributed by atoms with Gasteiger partial charge in [0, 0.05) is 5.75 Å².